The third-order valence-corrected chi connectivity index (χ3v) is 2.69. The van der Waals surface area contributed by atoms with Crippen LogP contribution in [0.25, 0.3) is 0 Å². The molecule has 0 rings (SSSR count). The summed E-state index contributed by atoms with van der Waals surface area (Å²) < 4.78 is 0. The van der Waals surface area contributed by atoms with Crippen molar-refractivity contribution in [1.82, 2.24) is 10.2 Å². The lowest BCUT2D eigenvalue weighted by Gasteiger charge is -2.19. The van der Waals surface area contributed by atoms with Gasteiger partial charge in [-0.1, -0.05) is 13.8 Å². The SMILES string of the molecule is CC(CCN(C)C)NC(=O)CC(N)C(C)C. The molecule has 0 aromatic rings. The number of carbonyl (C=O) groups is 1. The predicted molar refractivity (Wildman–Crippen MR) is 68.2 cm³/mol. The van der Waals surface area contributed by atoms with E-state index in [1.807, 2.05) is 34.9 Å². The molecule has 16 heavy (non-hydrogen) atoms. The molecule has 3 N–H and O–H groups in total. The Labute approximate surface area is 99.6 Å². The van der Waals surface area contributed by atoms with E-state index in [9.17, 15) is 4.79 Å². The first-order valence-corrected chi connectivity index (χ1v) is 6.02. The highest BCUT2D eigenvalue weighted by molar-refractivity contribution is 5.76. The largest absolute Gasteiger partial charge is 0.354 e. The smallest absolute Gasteiger partial charge is 0.221 e. The van der Waals surface area contributed by atoms with Gasteiger partial charge in [-0.2, -0.15) is 0 Å². The van der Waals surface area contributed by atoms with E-state index in [4.69, 9.17) is 5.73 Å². The maximum absolute atomic E-state index is 11.6. The van der Waals surface area contributed by atoms with Crippen molar-refractivity contribution < 1.29 is 4.79 Å². The number of amides is 1. The van der Waals surface area contributed by atoms with Gasteiger partial charge in [0.1, 0.15) is 0 Å². The molecule has 0 saturated carbocycles. The van der Waals surface area contributed by atoms with Crippen LogP contribution in [0.15, 0.2) is 0 Å². The van der Waals surface area contributed by atoms with Gasteiger partial charge in [-0.25, -0.2) is 0 Å². The molecule has 2 unspecified atom stereocenters. The number of rotatable bonds is 7. The van der Waals surface area contributed by atoms with Crippen molar-refractivity contribution in [2.75, 3.05) is 20.6 Å². The third-order valence-electron chi connectivity index (χ3n) is 2.69. The van der Waals surface area contributed by atoms with Crippen LogP contribution in [-0.2, 0) is 4.79 Å². The number of nitrogens with one attached hydrogen (secondary N) is 1. The fourth-order valence-corrected chi connectivity index (χ4v) is 1.31. The fraction of sp³-hybridized carbons (Fsp3) is 0.917. The Balaban J connectivity index is 3.78. The highest BCUT2D eigenvalue weighted by Gasteiger charge is 2.14. The molecule has 0 saturated heterocycles. The van der Waals surface area contributed by atoms with Gasteiger partial charge in [0.2, 0.25) is 5.91 Å². The fourth-order valence-electron chi connectivity index (χ4n) is 1.31. The minimum Gasteiger partial charge on any atom is -0.354 e. The van der Waals surface area contributed by atoms with Crippen molar-refractivity contribution in [3.63, 3.8) is 0 Å². The molecule has 0 aliphatic carbocycles. The third kappa shape index (κ3) is 7.65. The van der Waals surface area contributed by atoms with E-state index in [-0.39, 0.29) is 18.0 Å². The van der Waals surface area contributed by atoms with E-state index in [2.05, 4.69) is 10.2 Å². The zero-order valence-electron chi connectivity index (χ0n) is 11.3. The van der Waals surface area contributed by atoms with E-state index >= 15 is 0 Å². The quantitative estimate of drug-likeness (QED) is 0.679. The van der Waals surface area contributed by atoms with Crippen LogP contribution >= 0.6 is 0 Å². The Morgan fingerprint density at radius 1 is 1.31 bits per heavy atom. The van der Waals surface area contributed by atoms with Gasteiger partial charge < -0.3 is 16.0 Å². The zero-order chi connectivity index (χ0) is 12.7. The second kappa shape index (κ2) is 7.63. The highest BCUT2D eigenvalue weighted by Crippen LogP contribution is 2.03. The molecule has 0 heterocycles. The van der Waals surface area contributed by atoms with Crippen molar-refractivity contribution >= 4 is 5.91 Å². The van der Waals surface area contributed by atoms with Crippen LogP contribution in [0.4, 0.5) is 0 Å². The highest BCUT2D eigenvalue weighted by atomic mass is 16.1. The average Bonchev–Trinajstić information content (AvgIpc) is 2.14. The number of nitrogens with zero attached hydrogens (tertiary/aromatic N) is 1. The number of nitrogens with two attached hydrogens (primary N) is 1. The van der Waals surface area contributed by atoms with Crippen LogP contribution in [0.5, 0.6) is 0 Å². The lowest BCUT2D eigenvalue weighted by molar-refractivity contribution is -0.122. The molecule has 0 fully saturated rings. The van der Waals surface area contributed by atoms with Gasteiger partial charge in [0.05, 0.1) is 0 Å². The van der Waals surface area contributed by atoms with Gasteiger partial charge in [0, 0.05) is 18.5 Å². The van der Waals surface area contributed by atoms with E-state index in [1.54, 1.807) is 0 Å². The molecule has 0 aliphatic rings. The summed E-state index contributed by atoms with van der Waals surface area (Å²) in [5.74, 6) is 0.412. The van der Waals surface area contributed by atoms with E-state index < -0.39 is 0 Å². The second-order valence-corrected chi connectivity index (χ2v) is 5.17. The van der Waals surface area contributed by atoms with Crippen LogP contribution in [0.3, 0.4) is 0 Å². The van der Waals surface area contributed by atoms with Gasteiger partial charge >= 0.3 is 0 Å². The van der Waals surface area contributed by atoms with Gasteiger partial charge in [0.15, 0.2) is 0 Å². The molecule has 4 heteroatoms. The summed E-state index contributed by atoms with van der Waals surface area (Å²) in [6.07, 6.45) is 1.39. The number of hydrogen-bond acceptors (Lipinski definition) is 3. The second-order valence-electron chi connectivity index (χ2n) is 5.17. The minimum atomic E-state index is -0.0407. The Kier molecular flexibility index (Phi) is 7.34. The maximum Gasteiger partial charge on any atom is 0.221 e. The lowest BCUT2D eigenvalue weighted by Crippen LogP contribution is -2.39. The van der Waals surface area contributed by atoms with Gasteiger partial charge in [0.25, 0.3) is 0 Å². The average molecular weight is 229 g/mol. The summed E-state index contributed by atoms with van der Waals surface area (Å²) in [6, 6.07) is 0.176. The van der Waals surface area contributed by atoms with E-state index in [0.717, 1.165) is 13.0 Å². The molecule has 0 aromatic carbocycles. The van der Waals surface area contributed by atoms with Gasteiger partial charge in [-0.05, 0) is 39.9 Å². The monoisotopic (exact) mass is 229 g/mol. The normalized spacial score (nSPS) is 15.2. The predicted octanol–water partition coefficient (Wildman–Crippen LogP) is 0.816. The van der Waals surface area contributed by atoms with Gasteiger partial charge in [-0.3, -0.25) is 4.79 Å². The minimum absolute atomic E-state index is 0.0407. The summed E-state index contributed by atoms with van der Waals surface area (Å²) >= 11 is 0. The van der Waals surface area contributed by atoms with Crippen molar-refractivity contribution in [1.29, 1.82) is 0 Å². The molecule has 2 atom stereocenters. The summed E-state index contributed by atoms with van der Waals surface area (Å²) in [4.78, 5) is 13.7. The number of hydrogen-bond donors (Lipinski definition) is 2. The maximum atomic E-state index is 11.6. The molecule has 1 amide bonds. The van der Waals surface area contributed by atoms with Crippen LogP contribution in [0, 0.1) is 5.92 Å². The van der Waals surface area contributed by atoms with Crippen LogP contribution in [-0.4, -0.2) is 43.5 Å². The molecule has 96 valence electrons. The Morgan fingerprint density at radius 2 is 1.88 bits per heavy atom. The molecule has 0 aliphatic heterocycles. The summed E-state index contributed by atoms with van der Waals surface area (Å²) in [7, 11) is 4.06. The van der Waals surface area contributed by atoms with Gasteiger partial charge in [-0.15, -0.1) is 0 Å². The molecular formula is C12H27N3O. The van der Waals surface area contributed by atoms with E-state index in [1.165, 1.54) is 0 Å². The molecule has 4 nitrogen and oxygen atoms in total. The van der Waals surface area contributed by atoms with Crippen LogP contribution in [0.2, 0.25) is 0 Å². The van der Waals surface area contributed by atoms with Crippen molar-refractivity contribution in [3.8, 4) is 0 Å². The summed E-state index contributed by atoms with van der Waals surface area (Å²) in [5.41, 5.74) is 5.85. The Bertz CT molecular complexity index is 204. The Hall–Kier alpha value is -0.610. The first kappa shape index (κ1) is 15.4. The molecule has 0 spiro atoms. The van der Waals surface area contributed by atoms with Crippen molar-refractivity contribution in [2.24, 2.45) is 11.7 Å². The summed E-state index contributed by atoms with van der Waals surface area (Å²) in [6.45, 7) is 7.08. The first-order valence-electron chi connectivity index (χ1n) is 6.02. The van der Waals surface area contributed by atoms with Crippen molar-refractivity contribution in [2.45, 2.75) is 45.7 Å². The Morgan fingerprint density at radius 3 is 2.31 bits per heavy atom. The standard InChI is InChI=1S/C12H27N3O/c1-9(2)11(13)8-12(16)14-10(3)6-7-15(4)5/h9-11H,6-8,13H2,1-5H3,(H,14,16). The molecule has 0 bridgehead atoms. The molecule has 0 radical (unpaired) electrons. The van der Waals surface area contributed by atoms with Crippen LogP contribution in [0.1, 0.15) is 33.6 Å². The van der Waals surface area contributed by atoms with Crippen LogP contribution < -0.4 is 11.1 Å². The van der Waals surface area contributed by atoms with E-state index in [0.29, 0.717) is 12.3 Å². The number of carbonyl (C=O) groups excluding carboxylic acids is 1. The first-order chi connectivity index (χ1) is 7.32. The molecular weight excluding hydrogens is 202 g/mol. The topological polar surface area (TPSA) is 58.4 Å². The lowest BCUT2D eigenvalue weighted by atomic mass is 10.0. The summed E-state index contributed by atoms with van der Waals surface area (Å²) in [5, 5.41) is 2.98. The molecule has 0 aromatic heterocycles. The van der Waals surface area contributed by atoms with Crippen molar-refractivity contribution in [3.05, 3.63) is 0 Å². The zero-order valence-corrected chi connectivity index (χ0v) is 11.3.